The maximum atomic E-state index is 4.55. The summed E-state index contributed by atoms with van der Waals surface area (Å²) in [6, 6.07) is 1.99. The Kier molecular flexibility index (Phi) is 6.47. The Labute approximate surface area is 111 Å². The summed E-state index contributed by atoms with van der Waals surface area (Å²) in [6.45, 7) is 10.5. The molecule has 0 aromatic carbocycles. The van der Waals surface area contributed by atoms with Crippen LogP contribution >= 0.6 is 0 Å². The SMILES string of the molecule is CCCc1nc(NCC)cc(NCC(C)CC)n1. The highest BCUT2D eigenvalue weighted by molar-refractivity contribution is 5.47. The standard InChI is InChI=1S/C14H26N4/c1-5-8-12-17-13(15-7-3)9-14(18-12)16-10-11(4)6-2/h9,11H,5-8,10H2,1-4H3,(H2,15,16,17,18). The van der Waals surface area contributed by atoms with Gasteiger partial charge in [0, 0.05) is 25.6 Å². The first-order valence-corrected chi connectivity index (χ1v) is 7.05. The summed E-state index contributed by atoms with van der Waals surface area (Å²) in [5, 5.41) is 6.66. The lowest BCUT2D eigenvalue weighted by molar-refractivity contribution is 0.592. The molecule has 0 aliphatic carbocycles. The first kappa shape index (κ1) is 14.7. The van der Waals surface area contributed by atoms with E-state index in [9.17, 15) is 0 Å². The van der Waals surface area contributed by atoms with Crippen molar-refractivity contribution in [2.75, 3.05) is 23.7 Å². The van der Waals surface area contributed by atoms with Gasteiger partial charge < -0.3 is 10.6 Å². The first-order chi connectivity index (χ1) is 8.69. The van der Waals surface area contributed by atoms with E-state index in [0.29, 0.717) is 5.92 Å². The van der Waals surface area contributed by atoms with Gasteiger partial charge in [-0.05, 0) is 19.3 Å². The van der Waals surface area contributed by atoms with E-state index < -0.39 is 0 Å². The summed E-state index contributed by atoms with van der Waals surface area (Å²) in [4.78, 5) is 9.05. The molecule has 1 rings (SSSR count). The van der Waals surface area contributed by atoms with E-state index in [-0.39, 0.29) is 0 Å². The van der Waals surface area contributed by atoms with Gasteiger partial charge in [-0.25, -0.2) is 9.97 Å². The third-order valence-electron chi connectivity index (χ3n) is 2.93. The topological polar surface area (TPSA) is 49.8 Å². The Morgan fingerprint density at radius 3 is 2.33 bits per heavy atom. The van der Waals surface area contributed by atoms with Gasteiger partial charge in [0.2, 0.25) is 0 Å². The Hall–Kier alpha value is -1.32. The Morgan fingerprint density at radius 2 is 1.78 bits per heavy atom. The van der Waals surface area contributed by atoms with Crippen molar-refractivity contribution in [2.24, 2.45) is 5.92 Å². The zero-order valence-corrected chi connectivity index (χ0v) is 12.1. The maximum absolute atomic E-state index is 4.55. The lowest BCUT2D eigenvalue weighted by Crippen LogP contribution is -2.13. The van der Waals surface area contributed by atoms with Crippen LogP contribution in [0.4, 0.5) is 11.6 Å². The van der Waals surface area contributed by atoms with E-state index in [1.54, 1.807) is 0 Å². The number of nitrogens with one attached hydrogen (secondary N) is 2. The number of aryl methyl sites for hydroxylation is 1. The minimum Gasteiger partial charge on any atom is -0.370 e. The molecule has 102 valence electrons. The van der Waals surface area contributed by atoms with Gasteiger partial charge in [-0.2, -0.15) is 0 Å². The zero-order valence-electron chi connectivity index (χ0n) is 12.1. The minimum atomic E-state index is 0.664. The molecule has 2 N–H and O–H groups in total. The Morgan fingerprint density at radius 1 is 1.11 bits per heavy atom. The van der Waals surface area contributed by atoms with E-state index in [2.05, 4.69) is 48.3 Å². The molecule has 0 aliphatic heterocycles. The minimum absolute atomic E-state index is 0.664. The van der Waals surface area contributed by atoms with Gasteiger partial charge in [0.05, 0.1) is 0 Å². The van der Waals surface area contributed by atoms with Crippen molar-refractivity contribution in [1.82, 2.24) is 9.97 Å². The number of hydrogen-bond donors (Lipinski definition) is 2. The molecule has 4 heteroatoms. The molecule has 1 aromatic heterocycles. The molecule has 1 unspecified atom stereocenters. The van der Waals surface area contributed by atoms with Crippen LogP contribution < -0.4 is 10.6 Å². The molecule has 1 atom stereocenters. The third-order valence-corrected chi connectivity index (χ3v) is 2.93. The van der Waals surface area contributed by atoms with Crippen LogP contribution in [0.1, 0.15) is 46.4 Å². The highest BCUT2D eigenvalue weighted by Crippen LogP contribution is 2.13. The van der Waals surface area contributed by atoms with E-state index in [1.807, 2.05) is 6.07 Å². The van der Waals surface area contributed by atoms with Crippen LogP contribution in [-0.2, 0) is 6.42 Å². The summed E-state index contributed by atoms with van der Waals surface area (Å²) in [5.74, 6) is 3.44. The fraction of sp³-hybridized carbons (Fsp3) is 0.714. The molecule has 1 aromatic rings. The Balaban J connectivity index is 2.75. The van der Waals surface area contributed by atoms with Crippen LogP contribution in [0, 0.1) is 5.92 Å². The second-order valence-electron chi connectivity index (χ2n) is 4.73. The Bertz CT molecular complexity index is 327. The van der Waals surface area contributed by atoms with E-state index >= 15 is 0 Å². The average molecular weight is 250 g/mol. The molecule has 0 bridgehead atoms. The summed E-state index contributed by atoms with van der Waals surface area (Å²) < 4.78 is 0. The van der Waals surface area contributed by atoms with Crippen LogP contribution in [0.15, 0.2) is 6.07 Å². The second kappa shape index (κ2) is 7.90. The third kappa shape index (κ3) is 4.90. The van der Waals surface area contributed by atoms with Crippen LogP contribution in [0.25, 0.3) is 0 Å². The monoisotopic (exact) mass is 250 g/mol. The van der Waals surface area contributed by atoms with Crippen LogP contribution in [-0.4, -0.2) is 23.1 Å². The summed E-state index contributed by atoms with van der Waals surface area (Å²) in [6.07, 6.45) is 3.18. The largest absolute Gasteiger partial charge is 0.370 e. The molecule has 0 amide bonds. The van der Waals surface area contributed by atoms with Crippen molar-refractivity contribution in [3.63, 3.8) is 0 Å². The van der Waals surface area contributed by atoms with Crippen LogP contribution in [0.2, 0.25) is 0 Å². The first-order valence-electron chi connectivity index (χ1n) is 7.05. The lowest BCUT2D eigenvalue weighted by atomic mass is 10.1. The lowest BCUT2D eigenvalue weighted by Gasteiger charge is -2.13. The van der Waals surface area contributed by atoms with Crippen molar-refractivity contribution in [2.45, 2.75) is 47.0 Å². The molecule has 1 heterocycles. The van der Waals surface area contributed by atoms with Crippen molar-refractivity contribution < 1.29 is 0 Å². The molecule has 0 spiro atoms. The molecule has 18 heavy (non-hydrogen) atoms. The van der Waals surface area contributed by atoms with Gasteiger partial charge >= 0.3 is 0 Å². The van der Waals surface area contributed by atoms with Crippen molar-refractivity contribution in [1.29, 1.82) is 0 Å². The molecule has 0 radical (unpaired) electrons. The molecule has 0 saturated carbocycles. The van der Waals surface area contributed by atoms with Crippen molar-refractivity contribution in [3.05, 3.63) is 11.9 Å². The van der Waals surface area contributed by atoms with Gasteiger partial charge in [0.1, 0.15) is 17.5 Å². The zero-order chi connectivity index (χ0) is 13.4. The predicted octanol–water partition coefficient (Wildman–Crippen LogP) is 3.32. The summed E-state index contributed by atoms with van der Waals surface area (Å²) in [7, 11) is 0. The predicted molar refractivity (Wildman–Crippen MR) is 78.1 cm³/mol. The van der Waals surface area contributed by atoms with Gasteiger partial charge in [-0.15, -0.1) is 0 Å². The number of nitrogens with zero attached hydrogens (tertiary/aromatic N) is 2. The number of hydrogen-bond acceptors (Lipinski definition) is 4. The highest BCUT2D eigenvalue weighted by Gasteiger charge is 2.05. The molecular formula is C14H26N4. The maximum Gasteiger partial charge on any atom is 0.133 e. The molecule has 4 nitrogen and oxygen atoms in total. The van der Waals surface area contributed by atoms with Gasteiger partial charge in [-0.1, -0.05) is 27.2 Å². The number of aromatic nitrogens is 2. The van der Waals surface area contributed by atoms with Crippen molar-refractivity contribution in [3.8, 4) is 0 Å². The van der Waals surface area contributed by atoms with E-state index in [1.165, 1.54) is 6.42 Å². The normalized spacial score (nSPS) is 12.2. The average Bonchev–Trinajstić information content (AvgIpc) is 2.36. The van der Waals surface area contributed by atoms with Gasteiger partial charge in [-0.3, -0.25) is 0 Å². The molecule has 0 fully saturated rings. The second-order valence-corrected chi connectivity index (χ2v) is 4.73. The van der Waals surface area contributed by atoms with E-state index in [4.69, 9.17) is 0 Å². The smallest absolute Gasteiger partial charge is 0.133 e. The van der Waals surface area contributed by atoms with Gasteiger partial charge in [0.15, 0.2) is 0 Å². The van der Waals surface area contributed by atoms with Crippen LogP contribution in [0.3, 0.4) is 0 Å². The quantitative estimate of drug-likeness (QED) is 0.743. The molecular weight excluding hydrogens is 224 g/mol. The molecule has 0 aliphatic rings. The fourth-order valence-electron chi connectivity index (χ4n) is 1.62. The van der Waals surface area contributed by atoms with Crippen molar-refractivity contribution >= 4 is 11.6 Å². The van der Waals surface area contributed by atoms with E-state index in [0.717, 1.165) is 43.4 Å². The molecule has 0 saturated heterocycles. The fourth-order valence-corrected chi connectivity index (χ4v) is 1.62. The summed E-state index contributed by atoms with van der Waals surface area (Å²) in [5.41, 5.74) is 0. The van der Waals surface area contributed by atoms with Gasteiger partial charge in [0.25, 0.3) is 0 Å². The summed E-state index contributed by atoms with van der Waals surface area (Å²) >= 11 is 0. The number of anilines is 2. The van der Waals surface area contributed by atoms with Crippen LogP contribution in [0.5, 0.6) is 0 Å². The highest BCUT2D eigenvalue weighted by atomic mass is 15.1. The number of rotatable bonds is 8.